The van der Waals surface area contributed by atoms with E-state index in [2.05, 4.69) is 64.7 Å². The van der Waals surface area contributed by atoms with Gasteiger partial charge in [0.1, 0.15) is 12.1 Å². The Morgan fingerprint density at radius 3 is 2.12 bits per heavy atom. The van der Waals surface area contributed by atoms with E-state index in [0.29, 0.717) is 31.5 Å². The smallest absolute Gasteiger partial charge is 0.243 e. The van der Waals surface area contributed by atoms with Crippen LogP contribution in [-0.2, 0) is 28.9 Å². The highest BCUT2D eigenvalue weighted by Gasteiger charge is 2.31. The van der Waals surface area contributed by atoms with E-state index in [1.807, 2.05) is 78.7 Å². The number of nitrogens with one attached hydrogen (secondary N) is 2. The minimum Gasteiger partial charge on any atom is -0.363 e. The highest BCUT2D eigenvalue weighted by molar-refractivity contribution is 5.90. The maximum absolute atomic E-state index is 14.2. The zero-order valence-electron chi connectivity index (χ0n) is 27.9. The number of nitrogens with two attached hydrogens (primary N) is 1. The van der Waals surface area contributed by atoms with E-state index < -0.39 is 12.1 Å². The Hall–Kier alpha value is -5.01. The molecule has 0 bridgehead atoms. The minimum absolute atomic E-state index is 0.137. The van der Waals surface area contributed by atoms with E-state index in [-0.39, 0.29) is 17.4 Å². The molecule has 4 aromatic rings. The fraction of sp³-hybridized carbons (Fsp3) is 0.293. The van der Waals surface area contributed by atoms with Gasteiger partial charge in [0.15, 0.2) is 0 Å². The van der Waals surface area contributed by atoms with Gasteiger partial charge in [0.05, 0.1) is 0 Å². The molecule has 0 spiro atoms. The lowest BCUT2D eigenvalue weighted by molar-refractivity contribution is -0.131. The van der Waals surface area contributed by atoms with E-state index in [1.165, 1.54) is 0 Å². The molecule has 7 nitrogen and oxygen atoms in total. The summed E-state index contributed by atoms with van der Waals surface area (Å²) in [6.07, 6.45) is 13.0. The molecule has 4 N–H and O–H groups in total. The fourth-order valence-electron chi connectivity index (χ4n) is 6.00. The van der Waals surface area contributed by atoms with Crippen molar-refractivity contribution in [2.24, 2.45) is 5.73 Å². The van der Waals surface area contributed by atoms with Crippen LogP contribution >= 0.6 is 0 Å². The molecule has 1 aromatic heterocycles. The molecule has 5 rings (SSSR count). The van der Waals surface area contributed by atoms with E-state index in [9.17, 15) is 9.59 Å². The van der Waals surface area contributed by atoms with Gasteiger partial charge in [-0.15, -0.1) is 0 Å². The average molecular weight is 642 g/mol. The maximum atomic E-state index is 14.2. The van der Waals surface area contributed by atoms with Crippen LogP contribution in [-0.4, -0.2) is 52.9 Å². The van der Waals surface area contributed by atoms with E-state index in [1.54, 1.807) is 12.4 Å². The summed E-state index contributed by atoms with van der Waals surface area (Å²) in [5.41, 5.74) is 12.3. The first-order valence-corrected chi connectivity index (χ1v) is 16.8. The van der Waals surface area contributed by atoms with E-state index in [4.69, 9.17) is 5.73 Å². The van der Waals surface area contributed by atoms with Crippen LogP contribution < -0.4 is 16.4 Å². The van der Waals surface area contributed by atoms with Crippen molar-refractivity contribution >= 4 is 11.8 Å². The van der Waals surface area contributed by atoms with Crippen LogP contribution in [0.15, 0.2) is 134 Å². The van der Waals surface area contributed by atoms with Gasteiger partial charge < -0.3 is 21.3 Å². The number of carbonyl (C=O) groups excluding carboxylic acids is 2. The third kappa shape index (κ3) is 9.75. The summed E-state index contributed by atoms with van der Waals surface area (Å²) in [6.45, 7) is 4.75. The second kappa shape index (κ2) is 16.7. The summed E-state index contributed by atoms with van der Waals surface area (Å²) in [5.74, 6) is -0.457. The number of carbonyl (C=O) groups is 2. The van der Waals surface area contributed by atoms with Gasteiger partial charge >= 0.3 is 0 Å². The van der Waals surface area contributed by atoms with Crippen molar-refractivity contribution in [3.05, 3.63) is 151 Å². The van der Waals surface area contributed by atoms with Crippen molar-refractivity contribution in [1.82, 2.24) is 20.5 Å². The van der Waals surface area contributed by atoms with Crippen LogP contribution in [0.5, 0.6) is 0 Å². The van der Waals surface area contributed by atoms with Crippen molar-refractivity contribution in [2.45, 2.75) is 62.6 Å². The van der Waals surface area contributed by atoms with Gasteiger partial charge in [0.2, 0.25) is 11.8 Å². The molecule has 1 aliphatic rings. The van der Waals surface area contributed by atoms with Gasteiger partial charge in [-0.05, 0) is 78.1 Å². The van der Waals surface area contributed by atoms with Crippen molar-refractivity contribution in [2.75, 3.05) is 13.6 Å². The Morgan fingerprint density at radius 2 is 1.48 bits per heavy atom. The molecule has 7 heteroatoms. The minimum atomic E-state index is -0.756. The van der Waals surface area contributed by atoms with Crippen LogP contribution in [0.1, 0.15) is 42.4 Å². The highest BCUT2D eigenvalue weighted by Crippen LogP contribution is 2.32. The summed E-state index contributed by atoms with van der Waals surface area (Å²) in [6, 6.07) is 30.8. The van der Waals surface area contributed by atoms with Gasteiger partial charge in [-0.25, -0.2) is 0 Å². The maximum Gasteiger partial charge on any atom is 0.243 e. The number of nitrogens with zero attached hydrogens (tertiary/aromatic N) is 2. The number of pyridine rings is 1. The molecule has 1 heterocycles. The first kappa shape index (κ1) is 34.3. The van der Waals surface area contributed by atoms with Crippen LogP contribution in [0.4, 0.5) is 0 Å². The number of amides is 2. The largest absolute Gasteiger partial charge is 0.363 e. The standard InChI is InChI=1S/C41H47N5O2/c1-31(11-9-23-41(42)24-10-25-41)46(2)38(30-34-16-18-36(19-17-34)35-14-7-4-8-15-35)40(48)45-37(29-33-12-5-3-6-13-33)39(47)44-28-22-32-20-26-43-27-21-32/h3-9,11-21,26-27,37-38H,1,10,22-25,28-30,42H2,2H3,(H,44,47)(H,45,48)/b11-9+/t37?,38-/m1/s1. The lowest BCUT2D eigenvalue weighted by Crippen LogP contribution is -2.54. The molecule has 2 atom stereocenters. The van der Waals surface area contributed by atoms with Gasteiger partial charge in [-0.3, -0.25) is 14.6 Å². The molecule has 248 valence electrons. The van der Waals surface area contributed by atoms with Gasteiger partial charge in [-0.2, -0.15) is 0 Å². The second-order valence-corrected chi connectivity index (χ2v) is 12.9. The predicted molar refractivity (Wildman–Crippen MR) is 194 cm³/mol. The van der Waals surface area contributed by atoms with Gasteiger partial charge in [-0.1, -0.05) is 97.6 Å². The molecular formula is C41H47N5O2. The molecule has 1 fully saturated rings. The number of benzene rings is 3. The lowest BCUT2D eigenvalue weighted by atomic mass is 9.75. The number of hydrogen-bond donors (Lipinski definition) is 3. The Bertz CT molecular complexity index is 1650. The summed E-state index contributed by atoms with van der Waals surface area (Å²) >= 11 is 0. The van der Waals surface area contributed by atoms with Gasteiger partial charge in [0, 0.05) is 50.1 Å². The van der Waals surface area contributed by atoms with Crippen molar-refractivity contribution in [3.63, 3.8) is 0 Å². The van der Waals surface area contributed by atoms with Crippen LogP contribution in [0.3, 0.4) is 0 Å². The first-order valence-electron chi connectivity index (χ1n) is 16.8. The third-order valence-corrected chi connectivity index (χ3v) is 9.28. The normalized spacial score (nSPS) is 14.8. The molecule has 3 aromatic carbocycles. The molecule has 1 aliphatic carbocycles. The van der Waals surface area contributed by atoms with Gasteiger partial charge in [0.25, 0.3) is 0 Å². The van der Waals surface area contributed by atoms with Crippen LogP contribution in [0, 0.1) is 0 Å². The number of aromatic nitrogens is 1. The molecule has 0 saturated heterocycles. The zero-order chi connectivity index (χ0) is 33.8. The van der Waals surface area contributed by atoms with E-state index in [0.717, 1.165) is 53.5 Å². The Morgan fingerprint density at radius 1 is 0.854 bits per heavy atom. The average Bonchev–Trinajstić information content (AvgIpc) is 3.10. The third-order valence-electron chi connectivity index (χ3n) is 9.28. The molecule has 48 heavy (non-hydrogen) atoms. The molecule has 2 amide bonds. The number of hydrogen-bond acceptors (Lipinski definition) is 5. The summed E-state index contributed by atoms with van der Waals surface area (Å²) in [4.78, 5) is 33.8. The molecule has 1 saturated carbocycles. The molecule has 0 aliphatic heterocycles. The van der Waals surface area contributed by atoms with Crippen LogP contribution in [0.2, 0.25) is 0 Å². The molecule has 0 radical (unpaired) electrons. The van der Waals surface area contributed by atoms with Crippen molar-refractivity contribution < 1.29 is 9.59 Å². The summed E-state index contributed by atoms with van der Waals surface area (Å²) < 4.78 is 0. The number of allylic oxidation sites excluding steroid dienone is 1. The Labute approximate surface area is 285 Å². The zero-order valence-corrected chi connectivity index (χ0v) is 27.9. The quantitative estimate of drug-likeness (QED) is 0.130. The van der Waals surface area contributed by atoms with E-state index >= 15 is 0 Å². The highest BCUT2D eigenvalue weighted by atomic mass is 16.2. The topological polar surface area (TPSA) is 100 Å². The summed E-state index contributed by atoms with van der Waals surface area (Å²) in [5, 5.41) is 6.16. The predicted octanol–water partition coefficient (Wildman–Crippen LogP) is 6.02. The Balaban J connectivity index is 1.33. The molecular weight excluding hydrogens is 594 g/mol. The molecule has 1 unspecified atom stereocenters. The second-order valence-electron chi connectivity index (χ2n) is 12.9. The Kier molecular flexibility index (Phi) is 11.9. The SMILES string of the molecule is C=C(/C=C/CC1(N)CCC1)N(C)[C@H](Cc1ccc(-c2ccccc2)cc1)C(=O)NC(Cc1ccccc1)C(=O)NCCc1ccncc1. The lowest BCUT2D eigenvalue weighted by Gasteiger charge is -2.37. The van der Waals surface area contributed by atoms with Crippen molar-refractivity contribution in [3.8, 4) is 11.1 Å². The van der Waals surface area contributed by atoms with Crippen molar-refractivity contribution in [1.29, 1.82) is 0 Å². The fourth-order valence-corrected chi connectivity index (χ4v) is 6.00. The number of likely N-dealkylation sites (N-methyl/N-ethyl adjacent to an activating group) is 1. The van der Waals surface area contributed by atoms with Crippen LogP contribution in [0.25, 0.3) is 11.1 Å². The first-order chi connectivity index (χ1) is 23.3. The number of rotatable bonds is 16. The summed E-state index contributed by atoms with van der Waals surface area (Å²) in [7, 11) is 1.89. The monoisotopic (exact) mass is 641 g/mol.